The Hall–Kier alpha value is -3.16. The van der Waals surface area contributed by atoms with Crippen LogP contribution in [0.25, 0.3) is 11.1 Å². The highest BCUT2D eigenvalue weighted by Gasteiger charge is 2.36. The maximum absolute atomic E-state index is 14.1. The van der Waals surface area contributed by atoms with Gasteiger partial charge in [-0.3, -0.25) is 9.48 Å². The van der Waals surface area contributed by atoms with E-state index in [0.717, 1.165) is 5.56 Å². The maximum Gasteiger partial charge on any atom is 0.421 e. The molecule has 4 aromatic rings. The van der Waals surface area contributed by atoms with Gasteiger partial charge in [0.25, 0.3) is 5.91 Å². The zero-order valence-corrected chi connectivity index (χ0v) is 29.9. The number of methoxy groups -OCH3 is 2. The molecule has 2 heterocycles. The molecule has 0 fully saturated rings. The molecule has 0 bridgehead atoms. The topological polar surface area (TPSA) is 153 Å². The molecule has 2 aromatic carbocycles. The largest absolute Gasteiger partial charge is 0.495 e. The molecule has 0 aliphatic heterocycles. The minimum absolute atomic E-state index is 0.00765. The van der Waals surface area contributed by atoms with Crippen LogP contribution >= 0.6 is 46.5 Å². The second kappa shape index (κ2) is 15.2. The summed E-state index contributed by atoms with van der Waals surface area (Å²) in [5, 5.41) is 21.5. The van der Waals surface area contributed by atoms with Crippen molar-refractivity contribution in [2.45, 2.75) is 25.3 Å². The van der Waals surface area contributed by atoms with E-state index < -0.39 is 25.9 Å². The van der Waals surface area contributed by atoms with E-state index in [9.17, 15) is 22.5 Å². The Bertz CT molecular complexity index is 1770. The second-order valence-corrected chi connectivity index (χ2v) is 26.0. The molecule has 18 heteroatoms. The molecule has 0 spiro atoms. The van der Waals surface area contributed by atoms with Gasteiger partial charge in [0.05, 0.1) is 31.8 Å². The Morgan fingerprint density at radius 3 is 2.46 bits per heavy atom. The van der Waals surface area contributed by atoms with E-state index in [2.05, 4.69) is 31.0 Å². The Morgan fingerprint density at radius 2 is 1.83 bits per heavy atom. The maximum atomic E-state index is 14.1. The Morgan fingerprint density at radius 1 is 1.09 bits per heavy atom. The number of nitrogens with zero attached hydrogens (tertiary/aromatic N) is 4. The lowest BCUT2D eigenvalue weighted by atomic mass is 10.0. The molecule has 0 aliphatic carbocycles. The van der Waals surface area contributed by atoms with E-state index in [-0.39, 0.29) is 29.6 Å². The lowest BCUT2D eigenvalue weighted by molar-refractivity contribution is -0.137. The van der Waals surface area contributed by atoms with Gasteiger partial charge in [0.2, 0.25) is 8.38 Å². The first-order valence-electron chi connectivity index (χ1n) is 13.5. The van der Waals surface area contributed by atoms with Gasteiger partial charge in [-0.1, -0.05) is 6.07 Å². The van der Waals surface area contributed by atoms with Gasteiger partial charge in [-0.25, -0.2) is 4.98 Å². The third-order valence-electron chi connectivity index (χ3n) is 6.53. The summed E-state index contributed by atoms with van der Waals surface area (Å²) in [7, 11) is 4.16. The van der Waals surface area contributed by atoms with Crippen LogP contribution in [-0.4, -0.2) is 58.6 Å². The van der Waals surface area contributed by atoms with Gasteiger partial charge in [0.1, 0.15) is 28.4 Å². The minimum Gasteiger partial charge on any atom is -0.495 e. The quantitative estimate of drug-likeness (QED) is 0.0804. The summed E-state index contributed by atoms with van der Waals surface area (Å²) in [5.74, 6) is -0.983. The van der Waals surface area contributed by atoms with Crippen LogP contribution in [0, 0.1) is 0 Å². The number of aliphatic hydroxyl groups excluding tert-OH is 1. The van der Waals surface area contributed by atoms with Crippen LogP contribution in [0.2, 0.25) is 0 Å². The molecule has 0 saturated carbocycles. The summed E-state index contributed by atoms with van der Waals surface area (Å²) in [5.41, 5.74) is 0.942. The first kappa shape index (κ1) is 35.7. The van der Waals surface area contributed by atoms with Gasteiger partial charge >= 0.3 is 6.18 Å². The number of aromatic nitrogens is 4. The van der Waals surface area contributed by atoms with Gasteiger partial charge in [0, 0.05) is 94.0 Å². The van der Waals surface area contributed by atoms with Gasteiger partial charge in [-0.15, -0.1) is 0 Å². The first-order valence-corrected chi connectivity index (χ1v) is 20.9. The first-order chi connectivity index (χ1) is 21.8. The number of rotatable bonds is 13. The number of carbonyl (C=O) groups is 1. The number of aryl methyl sites for hydroxylation is 1. The Labute approximate surface area is 288 Å². The van der Waals surface area contributed by atoms with Crippen LogP contribution < -0.4 is 25.4 Å². The SMILES string of the molecule is CNC(=O)c1c(Nc2nc(Nc3ccc(CP(=O)(I)I)cc3OC)ncc2C(F)(F)F)ccc(-c2cnn(CCCO)c2)c1OC. The molecule has 2 aromatic heterocycles. The van der Waals surface area contributed by atoms with Crippen LogP contribution in [-0.2, 0) is 23.4 Å². The summed E-state index contributed by atoms with van der Waals surface area (Å²) >= 11 is 3.80. The summed E-state index contributed by atoms with van der Waals surface area (Å²) in [6.07, 6.45) is -0.136. The highest BCUT2D eigenvalue weighted by Crippen LogP contribution is 2.65. The molecule has 0 radical (unpaired) electrons. The fraction of sp³-hybridized carbons (Fsp3) is 0.286. The van der Waals surface area contributed by atoms with Gasteiger partial charge in [-0.2, -0.15) is 23.3 Å². The number of anilines is 4. The summed E-state index contributed by atoms with van der Waals surface area (Å²) in [4.78, 5) is 21.1. The van der Waals surface area contributed by atoms with Crippen molar-refractivity contribution < 1.29 is 37.1 Å². The molecule has 0 saturated heterocycles. The van der Waals surface area contributed by atoms with Crippen molar-refractivity contribution in [1.29, 1.82) is 0 Å². The fourth-order valence-corrected chi connectivity index (χ4v) is 7.46. The Kier molecular flexibility index (Phi) is 11.8. The molecule has 246 valence electrons. The number of benzene rings is 2. The third-order valence-corrected chi connectivity index (χ3v) is 9.31. The molecule has 0 atom stereocenters. The van der Waals surface area contributed by atoms with Gasteiger partial charge in [-0.05, 0) is 36.2 Å². The zero-order valence-electron chi connectivity index (χ0n) is 24.7. The molecule has 12 nitrogen and oxygen atoms in total. The van der Waals surface area contributed by atoms with Crippen LogP contribution in [0.5, 0.6) is 11.5 Å². The summed E-state index contributed by atoms with van der Waals surface area (Å²) < 4.78 is 64.9. The lowest BCUT2D eigenvalue weighted by Gasteiger charge is -2.19. The van der Waals surface area contributed by atoms with Crippen LogP contribution in [0.15, 0.2) is 48.9 Å². The van der Waals surface area contributed by atoms with E-state index in [4.69, 9.17) is 14.6 Å². The third kappa shape index (κ3) is 8.80. The van der Waals surface area contributed by atoms with Crippen molar-refractivity contribution in [2.24, 2.45) is 0 Å². The number of ether oxygens (including phenoxy) is 2. The van der Waals surface area contributed by atoms with Crippen LogP contribution in [0.1, 0.15) is 27.9 Å². The highest BCUT2D eigenvalue weighted by molar-refractivity contribution is 14.3. The van der Waals surface area contributed by atoms with Crippen molar-refractivity contribution in [1.82, 2.24) is 25.1 Å². The molecule has 46 heavy (non-hydrogen) atoms. The Balaban J connectivity index is 1.76. The molecular formula is C28H29F3I2N7O5P. The van der Waals surface area contributed by atoms with E-state index in [0.29, 0.717) is 47.9 Å². The number of alkyl halides is 3. The monoisotopic (exact) mass is 885 g/mol. The summed E-state index contributed by atoms with van der Waals surface area (Å²) in [6.45, 7) is 0.446. The van der Waals surface area contributed by atoms with E-state index in [1.807, 2.05) is 44.1 Å². The number of halogens is 5. The second-order valence-electron chi connectivity index (χ2n) is 9.68. The molecule has 0 aliphatic rings. The number of hydrogen-bond acceptors (Lipinski definition) is 10. The van der Waals surface area contributed by atoms with Crippen molar-refractivity contribution in [3.8, 4) is 22.6 Å². The van der Waals surface area contributed by atoms with Crippen molar-refractivity contribution in [2.75, 3.05) is 38.5 Å². The number of carbonyl (C=O) groups excluding carboxylic acids is 1. The standard InChI is InChI=1S/C28H29F3I2N7O5P/c1-34-26(42)23-21(8-6-18(24(23)45-3)17-12-36-40(14-17)9-4-10-41)37-25-19(28(29,30)31)13-35-27(39-25)38-20-7-5-16(11-22(20)44-2)15-46(32,33)43/h5-8,11-14,41H,4,9-10,15H2,1-3H3,(H,34,42)(H2,35,37,38,39). The van der Waals surface area contributed by atoms with Crippen molar-refractivity contribution >= 4 is 75.6 Å². The summed E-state index contributed by atoms with van der Waals surface area (Å²) in [6, 6.07) is 8.06. The average Bonchev–Trinajstić information content (AvgIpc) is 3.47. The molecule has 4 rings (SSSR count). The van der Waals surface area contributed by atoms with E-state index in [1.54, 1.807) is 41.3 Å². The van der Waals surface area contributed by atoms with Crippen LogP contribution in [0.3, 0.4) is 0 Å². The predicted molar refractivity (Wildman–Crippen MR) is 185 cm³/mol. The van der Waals surface area contributed by atoms with Gasteiger partial charge in [0.15, 0.2) is 0 Å². The fourth-order valence-electron chi connectivity index (χ4n) is 4.48. The lowest BCUT2D eigenvalue weighted by Crippen LogP contribution is -2.21. The normalized spacial score (nSPS) is 11.7. The van der Waals surface area contributed by atoms with E-state index in [1.165, 1.54) is 27.3 Å². The smallest absolute Gasteiger partial charge is 0.421 e. The molecule has 0 unspecified atom stereocenters. The molecule has 4 N–H and O–H groups in total. The van der Waals surface area contributed by atoms with Gasteiger partial charge < -0.3 is 35.1 Å². The average molecular weight is 885 g/mol. The van der Waals surface area contributed by atoms with E-state index >= 15 is 0 Å². The highest BCUT2D eigenvalue weighted by atomic mass is 127. The minimum atomic E-state index is -4.84. The number of hydrogen-bond donors (Lipinski definition) is 4. The number of amides is 1. The molecule has 1 amide bonds. The number of nitrogens with one attached hydrogen (secondary N) is 3. The van der Waals surface area contributed by atoms with Crippen molar-refractivity contribution in [3.63, 3.8) is 0 Å². The number of aliphatic hydroxyl groups is 1. The van der Waals surface area contributed by atoms with Crippen LogP contribution in [0.4, 0.5) is 36.3 Å². The zero-order chi connectivity index (χ0) is 33.6. The molecular weight excluding hydrogens is 856 g/mol. The van der Waals surface area contributed by atoms with Crippen molar-refractivity contribution in [3.05, 3.63) is 65.6 Å². The predicted octanol–water partition coefficient (Wildman–Crippen LogP) is 7.17.